The minimum absolute atomic E-state index is 1.20. The molecule has 20 heavy (non-hydrogen) atoms. The molecule has 0 aliphatic rings. The first-order valence-electron chi connectivity index (χ1n) is 5.60. The van der Waals surface area contributed by atoms with Crippen LogP contribution >= 0.6 is 42.6 Å². The molecule has 0 aliphatic heterocycles. The third-order valence-electron chi connectivity index (χ3n) is 1.83. The van der Waals surface area contributed by atoms with Gasteiger partial charge < -0.3 is 15.3 Å². The van der Waals surface area contributed by atoms with E-state index in [0.717, 1.165) is 0 Å². The average Bonchev–Trinajstić information content (AvgIpc) is 2.27. The molecule has 11 heteroatoms. The molecule has 6 atom stereocenters. The van der Waals surface area contributed by atoms with Gasteiger partial charge in [-0.25, -0.2) is 4.57 Å². The highest BCUT2D eigenvalue weighted by Gasteiger charge is 2.39. The van der Waals surface area contributed by atoms with Gasteiger partial charge in [-0.3, -0.25) is 13.6 Å². The molecule has 0 amide bonds. The average molecular weight is 376 g/mol. The summed E-state index contributed by atoms with van der Waals surface area (Å²) in [6, 6.07) is 0. The van der Waals surface area contributed by atoms with E-state index < -0.39 is 42.8 Å². The fraction of sp³-hybridized carbons (Fsp3) is 1.00. The number of rotatable bonds is 9. The quantitative estimate of drug-likeness (QED) is 0.418. The van der Waals surface area contributed by atoms with E-state index in [9.17, 15) is 19.9 Å². The van der Waals surface area contributed by atoms with Crippen LogP contribution in [0.2, 0.25) is 0 Å². The standard InChI is InChI=1S/C9H18Cl3O7P/c1-4(13)7(10)17-20(16,18-8(11)5(2)14)19-9(12)6(3)15/h4-9,13-15H,1-3H3. The first kappa shape index (κ1) is 20.9. The van der Waals surface area contributed by atoms with Gasteiger partial charge in [0.05, 0.1) is 18.3 Å². The van der Waals surface area contributed by atoms with Gasteiger partial charge in [0.1, 0.15) is 0 Å². The van der Waals surface area contributed by atoms with Crippen molar-refractivity contribution >= 4 is 42.6 Å². The maximum atomic E-state index is 12.3. The van der Waals surface area contributed by atoms with Crippen LogP contribution in [0.25, 0.3) is 0 Å². The summed E-state index contributed by atoms with van der Waals surface area (Å²) < 4.78 is 26.6. The lowest BCUT2D eigenvalue weighted by Gasteiger charge is -2.26. The van der Waals surface area contributed by atoms with Crippen molar-refractivity contribution in [1.82, 2.24) is 0 Å². The van der Waals surface area contributed by atoms with Crippen molar-refractivity contribution in [2.24, 2.45) is 0 Å². The SMILES string of the molecule is CC(O)C(Cl)OP(=O)(OC(Cl)C(C)O)OC(Cl)C(C)O. The van der Waals surface area contributed by atoms with Crippen LogP contribution in [0.15, 0.2) is 0 Å². The zero-order chi connectivity index (χ0) is 16.1. The third-order valence-corrected chi connectivity index (χ3v) is 5.02. The summed E-state index contributed by atoms with van der Waals surface area (Å²) in [5, 5.41) is 27.7. The number of hydrogen-bond acceptors (Lipinski definition) is 7. The molecule has 0 aromatic rings. The molecule has 0 aliphatic carbocycles. The molecule has 0 bridgehead atoms. The van der Waals surface area contributed by atoms with Gasteiger partial charge in [0.2, 0.25) is 0 Å². The van der Waals surface area contributed by atoms with Crippen LogP contribution in [0, 0.1) is 0 Å². The lowest BCUT2D eigenvalue weighted by Crippen LogP contribution is -2.27. The Balaban J connectivity index is 4.97. The lowest BCUT2D eigenvalue weighted by molar-refractivity contribution is 0.000803. The van der Waals surface area contributed by atoms with Gasteiger partial charge in [0.15, 0.2) is 16.7 Å². The van der Waals surface area contributed by atoms with Crippen molar-refractivity contribution in [2.45, 2.75) is 55.8 Å². The highest BCUT2D eigenvalue weighted by Crippen LogP contribution is 2.55. The largest absolute Gasteiger partial charge is 0.479 e. The molecule has 0 spiro atoms. The number of alkyl halides is 3. The highest BCUT2D eigenvalue weighted by atomic mass is 35.5. The van der Waals surface area contributed by atoms with E-state index in [2.05, 4.69) is 0 Å². The van der Waals surface area contributed by atoms with Gasteiger partial charge in [-0.15, -0.1) is 0 Å². The Morgan fingerprint density at radius 3 is 1.10 bits per heavy atom. The lowest BCUT2D eigenvalue weighted by atomic mass is 10.4. The summed E-state index contributed by atoms with van der Waals surface area (Å²) in [6.45, 7) is 3.84. The monoisotopic (exact) mass is 374 g/mol. The van der Waals surface area contributed by atoms with Crippen molar-refractivity contribution in [3.05, 3.63) is 0 Å². The van der Waals surface area contributed by atoms with Gasteiger partial charge in [-0.05, 0) is 20.8 Å². The van der Waals surface area contributed by atoms with Gasteiger partial charge >= 0.3 is 7.82 Å². The molecule has 122 valence electrons. The Bertz CT molecular complexity index is 281. The second-order valence-electron chi connectivity index (χ2n) is 4.04. The topological polar surface area (TPSA) is 105 Å². The molecular weight excluding hydrogens is 357 g/mol. The van der Waals surface area contributed by atoms with Crippen LogP contribution in [-0.2, 0) is 18.1 Å². The fourth-order valence-electron chi connectivity index (χ4n) is 0.709. The van der Waals surface area contributed by atoms with E-state index in [0.29, 0.717) is 0 Å². The fourth-order valence-corrected chi connectivity index (χ4v) is 3.00. The summed E-state index contributed by atoms with van der Waals surface area (Å²) in [4.78, 5) is 0. The molecule has 7 nitrogen and oxygen atoms in total. The van der Waals surface area contributed by atoms with E-state index in [1.165, 1.54) is 20.8 Å². The van der Waals surface area contributed by atoms with E-state index in [-0.39, 0.29) is 0 Å². The van der Waals surface area contributed by atoms with Gasteiger partial charge in [0, 0.05) is 0 Å². The summed E-state index contributed by atoms with van der Waals surface area (Å²) in [6.07, 6.45) is -3.59. The molecule has 0 aromatic heterocycles. The van der Waals surface area contributed by atoms with Crippen molar-refractivity contribution in [1.29, 1.82) is 0 Å². The van der Waals surface area contributed by atoms with Crippen molar-refractivity contribution in [3.63, 3.8) is 0 Å². The predicted octanol–water partition coefficient (Wildman–Crippen LogP) is 1.98. The summed E-state index contributed by atoms with van der Waals surface area (Å²) in [7, 11) is -4.43. The smallest absolute Gasteiger partial charge is 0.389 e. The maximum absolute atomic E-state index is 12.3. The number of aliphatic hydroxyl groups is 3. The molecule has 0 fully saturated rings. The highest BCUT2D eigenvalue weighted by molar-refractivity contribution is 7.48. The van der Waals surface area contributed by atoms with Crippen molar-refractivity contribution in [2.75, 3.05) is 0 Å². The molecule has 3 N–H and O–H groups in total. The van der Waals surface area contributed by atoms with Crippen LogP contribution in [0.4, 0.5) is 0 Å². The van der Waals surface area contributed by atoms with Crippen LogP contribution in [0.1, 0.15) is 20.8 Å². The molecular formula is C9H18Cl3O7P. The zero-order valence-corrected chi connectivity index (χ0v) is 14.2. The Kier molecular flexibility index (Phi) is 9.49. The minimum Gasteiger partial charge on any atom is -0.389 e. The van der Waals surface area contributed by atoms with Gasteiger partial charge in [-0.2, -0.15) is 0 Å². The zero-order valence-electron chi connectivity index (χ0n) is 11.0. The summed E-state index contributed by atoms with van der Waals surface area (Å²) >= 11 is 16.8. The number of phosphoric acid groups is 1. The molecule has 0 saturated carbocycles. The first-order valence-corrected chi connectivity index (χ1v) is 8.37. The molecule has 6 unspecified atom stereocenters. The van der Waals surface area contributed by atoms with E-state index in [1.54, 1.807) is 0 Å². The second-order valence-corrected chi connectivity index (χ2v) is 6.86. The molecule has 0 radical (unpaired) electrons. The first-order chi connectivity index (χ1) is 8.98. The second kappa shape index (κ2) is 9.10. The predicted molar refractivity (Wildman–Crippen MR) is 74.8 cm³/mol. The van der Waals surface area contributed by atoms with Gasteiger partial charge in [0.25, 0.3) is 0 Å². The van der Waals surface area contributed by atoms with E-state index in [1.807, 2.05) is 0 Å². The molecule has 0 saturated heterocycles. The summed E-state index contributed by atoms with van der Waals surface area (Å²) in [5.74, 6) is 0. The maximum Gasteiger partial charge on any atom is 0.479 e. The minimum atomic E-state index is -4.43. The Labute approximate surface area is 132 Å². The molecule has 0 heterocycles. The Morgan fingerprint density at radius 2 is 0.950 bits per heavy atom. The van der Waals surface area contributed by atoms with Crippen LogP contribution < -0.4 is 0 Å². The third kappa shape index (κ3) is 7.75. The molecule has 0 rings (SSSR count). The number of aliphatic hydroxyl groups excluding tert-OH is 3. The summed E-state index contributed by atoms with van der Waals surface area (Å²) in [5.41, 5.74) is -4.30. The number of hydrogen-bond donors (Lipinski definition) is 3. The van der Waals surface area contributed by atoms with E-state index >= 15 is 0 Å². The van der Waals surface area contributed by atoms with Crippen molar-refractivity contribution < 1.29 is 33.5 Å². The number of phosphoric ester groups is 1. The Morgan fingerprint density at radius 1 is 0.750 bits per heavy atom. The van der Waals surface area contributed by atoms with Crippen LogP contribution in [0.3, 0.4) is 0 Å². The van der Waals surface area contributed by atoms with Gasteiger partial charge in [-0.1, -0.05) is 34.8 Å². The molecule has 0 aromatic carbocycles. The Hall–Kier alpha value is 0.860. The number of halogens is 3. The van der Waals surface area contributed by atoms with Crippen molar-refractivity contribution in [3.8, 4) is 0 Å². The van der Waals surface area contributed by atoms with Crippen LogP contribution in [-0.4, -0.2) is 50.3 Å². The van der Waals surface area contributed by atoms with Crippen LogP contribution in [0.5, 0.6) is 0 Å². The van der Waals surface area contributed by atoms with E-state index in [4.69, 9.17) is 48.4 Å². The normalized spacial score (nSPS) is 24.2.